The first-order chi connectivity index (χ1) is 7.69. The molecule has 0 saturated heterocycles. The lowest BCUT2D eigenvalue weighted by atomic mass is 10.1. The molecule has 80 valence electrons. The Morgan fingerprint density at radius 3 is 2.88 bits per heavy atom. The van der Waals surface area contributed by atoms with Crippen molar-refractivity contribution in [2.24, 2.45) is 0 Å². The maximum absolute atomic E-state index is 10.7. The summed E-state index contributed by atoms with van der Waals surface area (Å²) in [6, 6.07) is 6.31. The number of methoxy groups -OCH3 is 1. The molecule has 1 rings (SSSR count). The van der Waals surface area contributed by atoms with Gasteiger partial charge < -0.3 is 9.84 Å². The van der Waals surface area contributed by atoms with Crippen LogP contribution >= 0.6 is 0 Å². The first-order valence-electron chi connectivity index (χ1n) is 4.46. The minimum atomic E-state index is -1.02. The summed E-state index contributed by atoms with van der Waals surface area (Å²) in [5.41, 5.74) is 0.713. The van der Waals surface area contributed by atoms with Crippen LogP contribution in [0, 0.1) is 23.2 Å². The fraction of sp³-hybridized carbons (Fsp3) is 0.167. The molecule has 0 unspecified atom stereocenters. The normalized spacial score (nSPS) is 8.50. The molecule has 0 spiro atoms. The Bertz CT molecular complexity index is 503. The van der Waals surface area contributed by atoms with E-state index in [0.29, 0.717) is 11.3 Å². The number of hydrogen-bond acceptors (Lipinski definition) is 3. The van der Waals surface area contributed by atoms with Crippen LogP contribution in [0.2, 0.25) is 0 Å². The van der Waals surface area contributed by atoms with Crippen LogP contribution in [0.4, 0.5) is 0 Å². The van der Waals surface area contributed by atoms with Gasteiger partial charge >= 0.3 is 5.97 Å². The fourth-order valence-electron chi connectivity index (χ4n) is 1.11. The summed E-state index contributed by atoms with van der Waals surface area (Å²) in [7, 11) is 1.44. The van der Waals surface area contributed by atoms with Gasteiger partial charge in [0.1, 0.15) is 5.75 Å². The highest BCUT2D eigenvalue weighted by molar-refractivity contribution is 5.88. The van der Waals surface area contributed by atoms with E-state index in [1.165, 1.54) is 19.2 Å². The lowest BCUT2D eigenvalue weighted by Gasteiger charge is -2.03. The summed E-state index contributed by atoms with van der Waals surface area (Å²) in [4.78, 5) is 10.7. The van der Waals surface area contributed by atoms with Gasteiger partial charge in [0.15, 0.2) is 0 Å². The van der Waals surface area contributed by atoms with Crippen molar-refractivity contribution in [3.05, 3.63) is 29.3 Å². The molecular formula is C12H9NO3. The predicted octanol–water partition coefficient (Wildman–Crippen LogP) is 1.66. The Hall–Kier alpha value is -2.46. The number of nitriles is 1. The molecule has 0 saturated carbocycles. The second kappa shape index (κ2) is 5.43. The molecule has 0 heterocycles. The average molecular weight is 215 g/mol. The smallest absolute Gasteiger partial charge is 0.335 e. The zero-order valence-electron chi connectivity index (χ0n) is 8.65. The van der Waals surface area contributed by atoms with Gasteiger partial charge in [-0.3, -0.25) is 0 Å². The number of ether oxygens (including phenoxy) is 1. The second-order valence-corrected chi connectivity index (χ2v) is 2.86. The van der Waals surface area contributed by atoms with Gasteiger partial charge in [-0.15, -0.1) is 0 Å². The van der Waals surface area contributed by atoms with E-state index in [2.05, 4.69) is 11.8 Å². The van der Waals surface area contributed by atoms with Crippen molar-refractivity contribution >= 4 is 5.97 Å². The van der Waals surface area contributed by atoms with E-state index in [-0.39, 0.29) is 12.0 Å². The molecule has 4 nitrogen and oxygen atoms in total. The Kier molecular flexibility index (Phi) is 3.94. The molecule has 1 aromatic rings. The average Bonchev–Trinajstić information content (AvgIpc) is 2.29. The van der Waals surface area contributed by atoms with Crippen molar-refractivity contribution in [1.82, 2.24) is 0 Å². The Balaban J connectivity index is 3.09. The van der Waals surface area contributed by atoms with Crippen molar-refractivity contribution in [1.29, 1.82) is 5.26 Å². The predicted molar refractivity (Wildman–Crippen MR) is 57.1 cm³/mol. The van der Waals surface area contributed by atoms with E-state index >= 15 is 0 Å². The van der Waals surface area contributed by atoms with E-state index in [9.17, 15) is 4.79 Å². The minimum absolute atomic E-state index is 0.129. The third kappa shape index (κ3) is 2.76. The van der Waals surface area contributed by atoms with Crippen molar-refractivity contribution in [3.63, 3.8) is 0 Å². The molecule has 16 heavy (non-hydrogen) atoms. The fourth-order valence-corrected chi connectivity index (χ4v) is 1.11. The van der Waals surface area contributed by atoms with Gasteiger partial charge in [0.05, 0.1) is 30.7 Å². The van der Waals surface area contributed by atoms with E-state index in [1.807, 2.05) is 6.07 Å². The van der Waals surface area contributed by atoms with Gasteiger partial charge in [0.2, 0.25) is 0 Å². The molecule has 0 bridgehead atoms. The van der Waals surface area contributed by atoms with Crippen molar-refractivity contribution in [2.45, 2.75) is 6.42 Å². The van der Waals surface area contributed by atoms with Crippen LogP contribution in [-0.4, -0.2) is 18.2 Å². The number of carboxylic acid groups (broad SMARTS) is 1. The third-order valence-electron chi connectivity index (χ3n) is 1.84. The zero-order chi connectivity index (χ0) is 12.0. The van der Waals surface area contributed by atoms with Crippen LogP contribution in [0.3, 0.4) is 0 Å². The van der Waals surface area contributed by atoms with Crippen molar-refractivity contribution < 1.29 is 14.6 Å². The van der Waals surface area contributed by atoms with E-state index in [1.54, 1.807) is 6.07 Å². The second-order valence-electron chi connectivity index (χ2n) is 2.86. The van der Waals surface area contributed by atoms with Crippen LogP contribution in [-0.2, 0) is 0 Å². The number of nitrogens with zero attached hydrogens (tertiary/aromatic N) is 1. The zero-order valence-corrected chi connectivity index (χ0v) is 8.65. The van der Waals surface area contributed by atoms with Crippen LogP contribution in [0.15, 0.2) is 18.2 Å². The summed E-state index contributed by atoms with van der Waals surface area (Å²) in [6.45, 7) is 0. The molecule has 0 fully saturated rings. The standard InChI is InChI=1S/C12H9NO3/c1-16-11-8-10(12(14)15)6-5-9(11)4-2-3-7-13/h5-6,8H,3H2,1H3,(H,14,15). The summed E-state index contributed by atoms with van der Waals surface area (Å²) < 4.78 is 5.02. The molecule has 0 aromatic heterocycles. The molecule has 0 atom stereocenters. The van der Waals surface area contributed by atoms with Gasteiger partial charge in [0, 0.05) is 0 Å². The molecule has 0 aliphatic heterocycles. The summed E-state index contributed by atoms with van der Waals surface area (Å²) in [6.07, 6.45) is 0.129. The summed E-state index contributed by atoms with van der Waals surface area (Å²) in [5, 5.41) is 17.1. The Labute approximate surface area is 93.1 Å². The molecular weight excluding hydrogens is 206 g/mol. The van der Waals surface area contributed by atoms with Crippen LogP contribution in [0.1, 0.15) is 22.3 Å². The lowest BCUT2D eigenvalue weighted by molar-refractivity contribution is 0.0696. The van der Waals surface area contributed by atoms with Crippen LogP contribution in [0.25, 0.3) is 0 Å². The highest BCUT2D eigenvalue weighted by Crippen LogP contribution is 2.19. The number of carbonyl (C=O) groups is 1. The highest BCUT2D eigenvalue weighted by Gasteiger charge is 2.06. The number of aromatic carboxylic acids is 1. The summed E-state index contributed by atoms with van der Waals surface area (Å²) in [5.74, 6) is 4.75. The van der Waals surface area contributed by atoms with Crippen molar-refractivity contribution in [3.8, 4) is 23.7 Å². The van der Waals surface area contributed by atoms with Gasteiger partial charge in [-0.25, -0.2) is 4.79 Å². The van der Waals surface area contributed by atoms with E-state index < -0.39 is 5.97 Å². The topological polar surface area (TPSA) is 70.3 Å². The molecule has 1 N–H and O–H groups in total. The van der Waals surface area contributed by atoms with Gasteiger partial charge in [-0.2, -0.15) is 5.26 Å². The van der Waals surface area contributed by atoms with Crippen LogP contribution < -0.4 is 4.74 Å². The number of rotatable bonds is 2. The number of benzene rings is 1. The third-order valence-corrected chi connectivity index (χ3v) is 1.84. The minimum Gasteiger partial charge on any atom is -0.495 e. The molecule has 0 aliphatic carbocycles. The maximum Gasteiger partial charge on any atom is 0.335 e. The summed E-state index contributed by atoms with van der Waals surface area (Å²) >= 11 is 0. The molecule has 0 aliphatic rings. The molecule has 0 amide bonds. The first kappa shape index (κ1) is 11.6. The van der Waals surface area contributed by atoms with E-state index in [4.69, 9.17) is 15.1 Å². The highest BCUT2D eigenvalue weighted by atomic mass is 16.5. The number of hydrogen-bond donors (Lipinski definition) is 1. The lowest BCUT2D eigenvalue weighted by Crippen LogP contribution is -1.98. The molecule has 4 heteroatoms. The number of carboxylic acids is 1. The quantitative estimate of drug-likeness (QED) is 0.761. The van der Waals surface area contributed by atoms with Gasteiger partial charge in [0.25, 0.3) is 0 Å². The van der Waals surface area contributed by atoms with Crippen LogP contribution in [0.5, 0.6) is 5.75 Å². The monoisotopic (exact) mass is 215 g/mol. The van der Waals surface area contributed by atoms with Gasteiger partial charge in [-0.05, 0) is 18.2 Å². The van der Waals surface area contributed by atoms with Gasteiger partial charge in [-0.1, -0.05) is 11.8 Å². The SMILES string of the molecule is COc1cc(C(=O)O)ccc1C#CCC#N. The van der Waals surface area contributed by atoms with Crippen molar-refractivity contribution in [2.75, 3.05) is 7.11 Å². The Morgan fingerprint density at radius 1 is 1.56 bits per heavy atom. The maximum atomic E-state index is 10.7. The largest absolute Gasteiger partial charge is 0.495 e. The molecule has 1 aromatic carbocycles. The first-order valence-corrected chi connectivity index (χ1v) is 4.46. The Morgan fingerprint density at radius 2 is 2.31 bits per heavy atom. The van der Waals surface area contributed by atoms with E-state index in [0.717, 1.165) is 0 Å². The molecule has 0 radical (unpaired) electrons.